The molecular formula is C20H26F3N5. The summed E-state index contributed by atoms with van der Waals surface area (Å²) in [6, 6.07) is 10.1. The molecule has 152 valence electrons. The van der Waals surface area contributed by atoms with Gasteiger partial charge in [-0.3, -0.25) is 4.99 Å². The van der Waals surface area contributed by atoms with Crippen molar-refractivity contribution in [3.8, 4) is 0 Å². The third-order valence-electron chi connectivity index (χ3n) is 5.17. The summed E-state index contributed by atoms with van der Waals surface area (Å²) in [5.41, 5.74) is 1.19. The molecular weight excluding hydrogens is 367 g/mol. The maximum atomic E-state index is 12.8. The lowest BCUT2D eigenvalue weighted by Crippen LogP contribution is -2.45. The maximum Gasteiger partial charge on any atom is 0.391 e. The molecule has 1 fully saturated rings. The fraction of sp³-hybridized carbons (Fsp3) is 0.500. The molecule has 2 N–H and O–H groups in total. The zero-order valence-corrected chi connectivity index (χ0v) is 15.9. The number of aromatic nitrogens is 2. The highest BCUT2D eigenvalue weighted by molar-refractivity contribution is 5.79. The van der Waals surface area contributed by atoms with Crippen molar-refractivity contribution in [1.82, 2.24) is 20.2 Å². The lowest BCUT2D eigenvalue weighted by Gasteiger charge is -2.31. The summed E-state index contributed by atoms with van der Waals surface area (Å²) < 4.78 is 40.5. The van der Waals surface area contributed by atoms with E-state index in [4.69, 9.17) is 0 Å². The molecule has 1 aromatic carbocycles. The highest BCUT2D eigenvalue weighted by Gasteiger charge is 2.41. The molecule has 2 aromatic rings. The van der Waals surface area contributed by atoms with E-state index in [-0.39, 0.29) is 18.9 Å². The number of hydrogen-bond donors (Lipinski definition) is 2. The first-order valence-corrected chi connectivity index (χ1v) is 9.53. The molecule has 1 saturated carbocycles. The summed E-state index contributed by atoms with van der Waals surface area (Å²) in [4.78, 5) is 8.59. The van der Waals surface area contributed by atoms with Crippen LogP contribution in [-0.2, 0) is 13.1 Å². The Labute approximate surface area is 163 Å². The average Bonchev–Trinajstić information content (AvgIpc) is 3.12. The van der Waals surface area contributed by atoms with Crippen LogP contribution in [-0.4, -0.2) is 34.8 Å². The van der Waals surface area contributed by atoms with E-state index in [2.05, 4.69) is 37.3 Å². The van der Waals surface area contributed by atoms with Crippen LogP contribution in [0.15, 0.2) is 47.7 Å². The number of imidazole rings is 1. The quantitative estimate of drug-likeness (QED) is 0.601. The molecule has 8 heteroatoms. The van der Waals surface area contributed by atoms with Crippen LogP contribution in [0.2, 0.25) is 0 Å². The van der Waals surface area contributed by atoms with Crippen LogP contribution in [0.5, 0.6) is 0 Å². The molecule has 1 aliphatic rings. The highest BCUT2D eigenvalue weighted by Crippen LogP contribution is 2.37. The van der Waals surface area contributed by atoms with E-state index in [0.29, 0.717) is 25.3 Å². The second kappa shape index (κ2) is 9.12. The largest absolute Gasteiger partial charge is 0.391 e. The van der Waals surface area contributed by atoms with Gasteiger partial charge in [-0.05, 0) is 31.2 Å². The Balaban J connectivity index is 1.50. The van der Waals surface area contributed by atoms with E-state index in [1.54, 1.807) is 13.2 Å². The standard InChI is InChI=1S/C20H26F3N5/c1-24-19(27-17-9-7-16(8-10-17)20(21,22)23)26-13-18-25-11-12-28(18)14-15-5-3-2-4-6-15/h2-6,11-12,16-17H,7-10,13-14H2,1H3,(H2,24,26,27). The average molecular weight is 393 g/mol. The predicted molar refractivity (Wildman–Crippen MR) is 103 cm³/mol. The fourth-order valence-corrected chi connectivity index (χ4v) is 3.55. The topological polar surface area (TPSA) is 54.2 Å². The summed E-state index contributed by atoms with van der Waals surface area (Å²) in [6.07, 6.45) is 0.925. The van der Waals surface area contributed by atoms with Crippen molar-refractivity contribution in [3.05, 3.63) is 54.1 Å². The van der Waals surface area contributed by atoms with Crippen molar-refractivity contribution in [1.29, 1.82) is 0 Å². The third kappa shape index (κ3) is 5.50. The summed E-state index contributed by atoms with van der Waals surface area (Å²) >= 11 is 0. The van der Waals surface area contributed by atoms with Gasteiger partial charge in [-0.25, -0.2) is 4.98 Å². The van der Waals surface area contributed by atoms with Gasteiger partial charge in [0.1, 0.15) is 5.82 Å². The number of guanidine groups is 1. The van der Waals surface area contributed by atoms with Crippen molar-refractivity contribution in [2.75, 3.05) is 7.05 Å². The highest BCUT2D eigenvalue weighted by atomic mass is 19.4. The molecule has 3 rings (SSSR count). The number of aliphatic imine (C=N–C) groups is 1. The Bertz CT molecular complexity index is 762. The van der Waals surface area contributed by atoms with Gasteiger partial charge in [-0.15, -0.1) is 0 Å². The van der Waals surface area contributed by atoms with Crippen molar-refractivity contribution in [2.45, 2.75) is 51.0 Å². The maximum absolute atomic E-state index is 12.8. The van der Waals surface area contributed by atoms with Gasteiger partial charge in [0.05, 0.1) is 12.5 Å². The number of nitrogens with zero attached hydrogens (tertiary/aromatic N) is 3. The van der Waals surface area contributed by atoms with E-state index < -0.39 is 12.1 Å². The Kier molecular flexibility index (Phi) is 6.59. The summed E-state index contributed by atoms with van der Waals surface area (Å²) in [6.45, 7) is 1.21. The van der Waals surface area contributed by atoms with Crippen LogP contribution < -0.4 is 10.6 Å². The number of rotatable bonds is 5. The molecule has 1 aromatic heterocycles. The molecule has 0 aliphatic heterocycles. The van der Waals surface area contributed by atoms with Crippen molar-refractivity contribution in [3.63, 3.8) is 0 Å². The molecule has 1 aliphatic carbocycles. The smallest absolute Gasteiger partial charge is 0.354 e. The van der Waals surface area contributed by atoms with Crippen molar-refractivity contribution >= 4 is 5.96 Å². The first-order chi connectivity index (χ1) is 13.5. The molecule has 0 atom stereocenters. The lowest BCUT2D eigenvalue weighted by molar-refractivity contribution is -0.182. The Morgan fingerprint density at radius 3 is 2.54 bits per heavy atom. The van der Waals surface area contributed by atoms with Gasteiger partial charge in [0, 0.05) is 32.0 Å². The number of benzene rings is 1. The molecule has 0 saturated heterocycles. The molecule has 28 heavy (non-hydrogen) atoms. The van der Waals surface area contributed by atoms with Crippen molar-refractivity contribution < 1.29 is 13.2 Å². The first-order valence-electron chi connectivity index (χ1n) is 9.53. The zero-order chi connectivity index (χ0) is 20.0. The predicted octanol–water partition coefficient (Wildman–Crippen LogP) is 3.72. The normalized spacial score (nSPS) is 20.8. The Morgan fingerprint density at radius 2 is 1.89 bits per heavy atom. The van der Waals surface area contributed by atoms with Crippen LogP contribution in [0.4, 0.5) is 13.2 Å². The van der Waals surface area contributed by atoms with Crippen LogP contribution >= 0.6 is 0 Å². The molecule has 5 nitrogen and oxygen atoms in total. The number of hydrogen-bond acceptors (Lipinski definition) is 2. The van der Waals surface area contributed by atoms with Gasteiger partial charge >= 0.3 is 6.18 Å². The second-order valence-electron chi connectivity index (χ2n) is 7.12. The van der Waals surface area contributed by atoms with Crippen LogP contribution in [0.25, 0.3) is 0 Å². The third-order valence-corrected chi connectivity index (χ3v) is 5.17. The molecule has 0 amide bonds. The first kappa shape index (κ1) is 20.2. The van der Waals surface area contributed by atoms with E-state index in [0.717, 1.165) is 12.4 Å². The van der Waals surface area contributed by atoms with E-state index >= 15 is 0 Å². The van der Waals surface area contributed by atoms with Crippen LogP contribution in [0, 0.1) is 5.92 Å². The van der Waals surface area contributed by atoms with E-state index in [1.165, 1.54) is 5.56 Å². The lowest BCUT2D eigenvalue weighted by atomic mass is 9.85. The number of halogens is 3. The Morgan fingerprint density at radius 1 is 1.18 bits per heavy atom. The summed E-state index contributed by atoms with van der Waals surface area (Å²) in [7, 11) is 1.66. The molecule has 1 heterocycles. The van der Waals surface area contributed by atoms with Crippen LogP contribution in [0.1, 0.15) is 37.1 Å². The number of nitrogens with one attached hydrogen (secondary N) is 2. The molecule has 0 unspecified atom stereocenters. The molecule has 0 spiro atoms. The second-order valence-corrected chi connectivity index (χ2v) is 7.12. The fourth-order valence-electron chi connectivity index (χ4n) is 3.55. The monoisotopic (exact) mass is 393 g/mol. The van der Waals surface area contributed by atoms with Crippen LogP contribution in [0.3, 0.4) is 0 Å². The summed E-state index contributed by atoms with van der Waals surface area (Å²) in [5, 5.41) is 6.46. The molecule has 0 radical (unpaired) electrons. The van der Waals surface area contributed by atoms with E-state index in [9.17, 15) is 13.2 Å². The van der Waals surface area contributed by atoms with Gasteiger partial charge in [-0.2, -0.15) is 13.2 Å². The minimum atomic E-state index is -4.08. The van der Waals surface area contributed by atoms with E-state index in [1.807, 2.05) is 24.4 Å². The van der Waals surface area contributed by atoms with Gasteiger partial charge in [-0.1, -0.05) is 30.3 Å². The number of alkyl halides is 3. The minimum Gasteiger partial charge on any atom is -0.354 e. The molecule has 0 bridgehead atoms. The van der Waals surface area contributed by atoms with Crippen molar-refractivity contribution in [2.24, 2.45) is 10.9 Å². The van der Waals surface area contributed by atoms with Gasteiger partial charge < -0.3 is 15.2 Å². The minimum absolute atomic E-state index is 0.00821. The zero-order valence-electron chi connectivity index (χ0n) is 15.9. The van der Waals surface area contributed by atoms with Gasteiger partial charge in [0.25, 0.3) is 0 Å². The summed E-state index contributed by atoms with van der Waals surface area (Å²) in [5.74, 6) is 0.281. The van der Waals surface area contributed by atoms with Gasteiger partial charge in [0.15, 0.2) is 5.96 Å². The SMILES string of the molecule is CN=C(NCc1nccn1Cc1ccccc1)NC1CCC(C(F)(F)F)CC1. The van der Waals surface area contributed by atoms with Gasteiger partial charge in [0.2, 0.25) is 0 Å². The Hall–Kier alpha value is -2.51.